The summed E-state index contributed by atoms with van der Waals surface area (Å²) in [6.07, 6.45) is 5.18. The lowest BCUT2D eigenvalue weighted by molar-refractivity contribution is -0.118. The second-order valence-electron chi connectivity index (χ2n) is 5.57. The van der Waals surface area contributed by atoms with Gasteiger partial charge in [-0.05, 0) is 26.0 Å². The summed E-state index contributed by atoms with van der Waals surface area (Å²) >= 11 is 0. The standard InChI is InChI=1S/C17H19N5O2/c1-13(2)22-11-14(10-18-22)19-16(23)12-24-17-8-9-21(20-17)15-6-4-3-5-7-15/h3-11,13H,12H2,1-2H3,(H,19,23). The zero-order valence-electron chi connectivity index (χ0n) is 13.6. The number of para-hydroxylation sites is 1. The molecular weight excluding hydrogens is 306 g/mol. The number of amides is 1. The lowest BCUT2D eigenvalue weighted by Crippen LogP contribution is -2.20. The molecule has 0 fully saturated rings. The summed E-state index contributed by atoms with van der Waals surface area (Å²) in [7, 11) is 0. The van der Waals surface area contributed by atoms with Crippen molar-refractivity contribution in [1.82, 2.24) is 19.6 Å². The molecule has 0 bridgehead atoms. The third-order valence-electron chi connectivity index (χ3n) is 3.35. The molecule has 2 heterocycles. The van der Waals surface area contributed by atoms with Crippen molar-refractivity contribution >= 4 is 11.6 Å². The molecule has 24 heavy (non-hydrogen) atoms. The van der Waals surface area contributed by atoms with Crippen molar-refractivity contribution < 1.29 is 9.53 Å². The molecule has 3 aromatic rings. The number of aromatic nitrogens is 4. The average Bonchev–Trinajstić information content (AvgIpc) is 3.23. The molecule has 1 N–H and O–H groups in total. The topological polar surface area (TPSA) is 74.0 Å². The molecule has 0 aliphatic heterocycles. The largest absolute Gasteiger partial charge is 0.466 e. The van der Waals surface area contributed by atoms with E-state index in [-0.39, 0.29) is 18.6 Å². The van der Waals surface area contributed by atoms with Gasteiger partial charge in [0.2, 0.25) is 5.88 Å². The Morgan fingerprint density at radius 3 is 2.75 bits per heavy atom. The highest BCUT2D eigenvalue weighted by Gasteiger charge is 2.08. The predicted molar refractivity (Wildman–Crippen MR) is 90.3 cm³/mol. The number of carbonyl (C=O) groups is 1. The fourth-order valence-electron chi connectivity index (χ4n) is 2.13. The lowest BCUT2D eigenvalue weighted by atomic mass is 10.3. The van der Waals surface area contributed by atoms with Gasteiger partial charge in [-0.3, -0.25) is 9.48 Å². The molecule has 1 aromatic carbocycles. The maximum atomic E-state index is 11.9. The minimum atomic E-state index is -0.257. The van der Waals surface area contributed by atoms with Crippen LogP contribution in [0.25, 0.3) is 5.69 Å². The first-order valence-corrected chi connectivity index (χ1v) is 7.70. The van der Waals surface area contributed by atoms with Crippen molar-refractivity contribution in [1.29, 1.82) is 0 Å². The molecule has 124 valence electrons. The Morgan fingerprint density at radius 2 is 2.04 bits per heavy atom. The highest BCUT2D eigenvalue weighted by atomic mass is 16.5. The number of hydrogen-bond donors (Lipinski definition) is 1. The van der Waals surface area contributed by atoms with Crippen LogP contribution < -0.4 is 10.1 Å². The molecule has 0 aliphatic rings. The van der Waals surface area contributed by atoms with Crippen LogP contribution in [0.4, 0.5) is 5.69 Å². The van der Waals surface area contributed by atoms with Crippen LogP contribution in [-0.2, 0) is 4.79 Å². The fourth-order valence-corrected chi connectivity index (χ4v) is 2.13. The highest BCUT2D eigenvalue weighted by Crippen LogP contribution is 2.12. The maximum Gasteiger partial charge on any atom is 0.262 e. The fraction of sp³-hybridized carbons (Fsp3) is 0.235. The van der Waals surface area contributed by atoms with Gasteiger partial charge in [-0.2, -0.15) is 5.10 Å². The minimum absolute atomic E-state index is 0.112. The smallest absolute Gasteiger partial charge is 0.262 e. The molecule has 0 saturated carbocycles. The Labute approximate surface area is 139 Å². The van der Waals surface area contributed by atoms with Gasteiger partial charge in [-0.1, -0.05) is 18.2 Å². The number of hydrogen-bond acceptors (Lipinski definition) is 4. The minimum Gasteiger partial charge on any atom is -0.466 e. The summed E-state index contributed by atoms with van der Waals surface area (Å²) in [5.74, 6) is 0.138. The van der Waals surface area contributed by atoms with E-state index in [0.29, 0.717) is 11.6 Å². The number of nitrogens with zero attached hydrogens (tertiary/aromatic N) is 4. The summed E-state index contributed by atoms with van der Waals surface area (Å²) in [5, 5.41) is 11.2. The zero-order valence-corrected chi connectivity index (χ0v) is 13.6. The van der Waals surface area contributed by atoms with Crippen LogP contribution in [0.2, 0.25) is 0 Å². The van der Waals surface area contributed by atoms with Gasteiger partial charge < -0.3 is 10.1 Å². The molecule has 2 aromatic heterocycles. The molecule has 7 nitrogen and oxygen atoms in total. The number of carbonyl (C=O) groups excluding carboxylic acids is 1. The summed E-state index contributed by atoms with van der Waals surface area (Å²) < 4.78 is 8.90. The Kier molecular flexibility index (Phi) is 4.60. The molecule has 3 rings (SSSR count). The van der Waals surface area contributed by atoms with E-state index in [1.807, 2.05) is 44.2 Å². The molecule has 0 aliphatic carbocycles. The van der Waals surface area contributed by atoms with Crippen molar-refractivity contribution in [3.63, 3.8) is 0 Å². The molecule has 0 atom stereocenters. The van der Waals surface area contributed by atoms with Gasteiger partial charge in [0.25, 0.3) is 5.91 Å². The van der Waals surface area contributed by atoms with Gasteiger partial charge >= 0.3 is 0 Å². The van der Waals surface area contributed by atoms with Crippen LogP contribution in [0.15, 0.2) is 55.0 Å². The van der Waals surface area contributed by atoms with Crippen LogP contribution >= 0.6 is 0 Å². The van der Waals surface area contributed by atoms with E-state index >= 15 is 0 Å². The van der Waals surface area contributed by atoms with Gasteiger partial charge in [0.05, 0.1) is 17.6 Å². The van der Waals surface area contributed by atoms with Crippen LogP contribution in [0.3, 0.4) is 0 Å². The van der Waals surface area contributed by atoms with E-state index in [1.165, 1.54) is 0 Å². The predicted octanol–water partition coefficient (Wildman–Crippen LogP) is 2.67. The van der Waals surface area contributed by atoms with Crippen molar-refractivity contribution in [2.45, 2.75) is 19.9 Å². The third-order valence-corrected chi connectivity index (χ3v) is 3.35. The summed E-state index contributed by atoms with van der Waals surface area (Å²) in [5.41, 5.74) is 1.57. The van der Waals surface area contributed by atoms with Crippen molar-refractivity contribution in [3.8, 4) is 11.6 Å². The normalized spacial score (nSPS) is 10.8. The first kappa shape index (κ1) is 15.8. The van der Waals surface area contributed by atoms with Crippen LogP contribution in [0.5, 0.6) is 5.88 Å². The second-order valence-corrected chi connectivity index (χ2v) is 5.57. The van der Waals surface area contributed by atoms with Crippen molar-refractivity contribution in [3.05, 3.63) is 55.0 Å². The molecule has 7 heteroatoms. The monoisotopic (exact) mass is 325 g/mol. The molecule has 0 spiro atoms. The molecule has 0 unspecified atom stereocenters. The van der Waals surface area contributed by atoms with Gasteiger partial charge in [-0.15, -0.1) is 5.10 Å². The Hall–Kier alpha value is -3.09. The Balaban J connectivity index is 1.54. The number of nitrogens with one attached hydrogen (secondary N) is 1. The first-order valence-electron chi connectivity index (χ1n) is 7.70. The van der Waals surface area contributed by atoms with E-state index in [0.717, 1.165) is 5.69 Å². The summed E-state index contributed by atoms with van der Waals surface area (Å²) in [6, 6.07) is 11.7. The van der Waals surface area contributed by atoms with Crippen LogP contribution in [0, 0.1) is 0 Å². The van der Waals surface area contributed by atoms with E-state index in [4.69, 9.17) is 4.74 Å². The number of ether oxygens (including phenoxy) is 1. The van der Waals surface area contributed by atoms with E-state index in [1.54, 1.807) is 34.0 Å². The zero-order chi connectivity index (χ0) is 16.9. The average molecular weight is 325 g/mol. The van der Waals surface area contributed by atoms with E-state index < -0.39 is 0 Å². The van der Waals surface area contributed by atoms with Gasteiger partial charge in [0.15, 0.2) is 6.61 Å². The number of benzene rings is 1. The van der Waals surface area contributed by atoms with E-state index in [9.17, 15) is 4.79 Å². The molecule has 0 saturated heterocycles. The molecule has 1 amide bonds. The first-order chi connectivity index (χ1) is 11.6. The summed E-state index contributed by atoms with van der Waals surface area (Å²) in [4.78, 5) is 11.9. The van der Waals surface area contributed by atoms with Crippen LogP contribution in [-0.4, -0.2) is 32.1 Å². The van der Waals surface area contributed by atoms with E-state index in [2.05, 4.69) is 15.5 Å². The SMILES string of the molecule is CC(C)n1cc(NC(=O)COc2ccn(-c3ccccc3)n2)cn1. The molecule has 0 radical (unpaired) electrons. The quantitative estimate of drug-likeness (QED) is 0.756. The highest BCUT2D eigenvalue weighted by molar-refractivity contribution is 5.91. The van der Waals surface area contributed by atoms with Crippen molar-refractivity contribution in [2.24, 2.45) is 0 Å². The second kappa shape index (κ2) is 6.99. The number of rotatable bonds is 6. The number of anilines is 1. The van der Waals surface area contributed by atoms with Crippen LogP contribution in [0.1, 0.15) is 19.9 Å². The molecular formula is C17H19N5O2. The Bertz CT molecular complexity index is 807. The van der Waals surface area contributed by atoms with Gasteiger partial charge in [0.1, 0.15) is 0 Å². The third kappa shape index (κ3) is 3.81. The van der Waals surface area contributed by atoms with Crippen molar-refractivity contribution in [2.75, 3.05) is 11.9 Å². The Morgan fingerprint density at radius 1 is 1.25 bits per heavy atom. The summed E-state index contributed by atoms with van der Waals surface area (Å²) in [6.45, 7) is 3.92. The maximum absolute atomic E-state index is 11.9. The van der Waals surface area contributed by atoms with Gasteiger partial charge in [0, 0.05) is 24.5 Å². The van der Waals surface area contributed by atoms with Gasteiger partial charge in [-0.25, -0.2) is 4.68 Å². The lowest BCUT2D eigenvalue weighted by Gasteiger charge is -2.05.